The van der Waals surface area contributed by atoms with Gasteiger partial charge in [-0.05, 0) is 49.8 Å². The molecule has 15 heavy (non-hydrogen) atoms. The van der Waals surface area contributed by atoms with Crippen LogP contribution < -0.4 is 5.32 Å². The fourth-order valence-corrected chi connectivity index (χ4v) is 2.83. The van der Waals surface area contributed by atoms with Gasteiger partial charge < -0.3 is 5.32 Å². The number of rotatable bonds is 2. The molecule has 1 unspecified atom stereocenters. The molecule has 1 aliphatic heterocycles. The Morgan fingerprint density at radius 2 is 2.20 bits per heavy atom. The van der Waals surface area contributed by atoms with Crippen LogP contribution in [-0.2, 0) is 0 Å². The molecule has 0 radical (unpaired) electrons. The standard InChI is InChI=1S/C13H19NS/c1-10-6-7-11(9-13(10)15-2)12-5-3-4-8-14-12/h6-7,9,12,14H,3-5,8H2,1-2H3. The van der Waals surface area contributed by atoms with Crippen molar-refractivity contribution in [3.05, 3.63) is 29.3 Å². The average Bonchev–Trinajstić information content (AvgIpc) is 2.31. The van der Waals surface area contributed by atoms with E-state index in [9.17, 15) is 0 Å². The molecule has 1 heterocycles. The van der Waals surface area contributed by atoms with Crippen molar-refractivity contribution < 1.29 is 0 Å². The molecule has 1 aromatic rings. The zero-order chi connectivity index (χ0) is 10.7. The van der Waals surface area contributed by atoms with Crippen LogP contribution in [0.4, 0.5) is 0 Å². The summed E-state index contributed by atoms with van der Waals surface area (Å²) in [6.45, 7) is 3.36. The third-order valence-corrected chi connectivity index (χ3v) is 4.02. The molecular formula is C13H19NS. The molecular weight excluding hydrogens is 202 g/mol. The van der Waals surface area contributed by atoms with Crippen molar-refractivity contribution in [3.8, 4) is 0 Å². The molecule has 0 amide bonds. The molecule has 82 valence electrons. The molecule has 1 atom stereocenters. The topological polar surface area (TPSA) is 12.0 Å². The van der Waals surface area contributed by atoms with Gasteiger partial charge in [0.15, 0.2) is 0 Å². The van der Waals surface area contributed by atoms with Gasteiger partial charge in [-0.25, -0.2) is 0 Å². The fourth-order valence-electron chi connectivity index (χ4n) is 2.19. The maximum Gasteiger partial charge on any atom is 0.0320 e. The average molecular weight is 221 g/mol. The number of aryl methyl sites for hydroxylation is 1. The monoisotopic (exact) mass is 221 g/mol. The first-order valence-electron chi connectivity index (χ1n) is 5.69. The van der Waals surface area contributed by atoms with Gasteiger partial charge >= 0.3 is 0 Å². The zero-order valence-corrected chi connectivity index (χ0v) is 10.4. The van der Waals surface area contributed by atoms with Gasteiger partial charge in [0, 0.05) is 10.9 Å². The Bertz CT molecular complexity index is 329. The molecule has 0 aliphatic carbocycles. The van der Waals surface area contributed by atoms with Crippen molar-refractivity contribution in [1.29, 1.82) is 0 Å². The third kappa shape index (κ3) is 2.56. The summed E-state index contributed by atoms with van der Waals surface area (Å²) in [4.78, 5) is 1.42. The van der Waals surface area contributed by atoms with Crippen LogP contribution in [0.15, 0.2) is 23.1 Å². The van der Waals surface area contributed by atoms with E-state index in [-0.39, 0.29) is 0 Å². The first-order chi connectivity index (χ1) is 7.31. The highest BCUT2D eigenvalue weighted by molar-refractivity contribution is 7.98. The molecule has 0 saturated carbocycles. The predicted molar refractivity (Wildman–Crippen MR) is 67.6 cm³/mol. The van der Waals surface area contributed by atoms with E-state index >= 15 is 0 Å². The molecule has 2 rings (SSSR count). The Labute approximate surface area is 96.7 Å². The van der Waals surface area contributed by atoms with Crippen LogP contribution in [0.2, 0.25) is 0 Å². The Kier molecular flexibility index (Phi) is 3.71. The van der Waals surface area contributed by atoms with Gasteiger partial charge in [-0.1, -0.05) is 18.6 Å². The largest absolute Gasteiger partial charge is 0.310 e. The molecule has 1 aliphatic rings. The molecule has 1 saturated heterocycles. The van der Waals surface area contributed by atoms with Crippen LogP contribution in [0.1, 0.15) is 36.4 Å². The summed E-state index contributed by atoms with van der Waals surface area (Å²) < 4.78 is 0. The number of piperidine rings is 1. The van der Waals surface area contributed by atoms with Crippen molar-refractivity contribution in [2.75, 3.05) is 12.8 Å². The minimum Gasteiger partial charge on any atom is -0.310 e. The maximum absolute atomic E-state index is 3.60. The van der Waals surface area contributed by atoms with Gasteiger partial charge in [-0.2, -0.15) is 0 Å². The van der Waals surface area contributed by atoms with Crippen LogP contribution in [0.3, 0.4) is 0 Å². The molecule has 0 aromatic heterocycles. The van der Waals surface area contributed by atoms with Gasteiger partial charge in [0.2, 0.25) is 0 Å². The summed E-state index contributed by atoms with van der Waals surface area (Å²) in [6, 6.07) is 7.46. The summed E-state index contributed by atoms with van der Waals surface area (Å²) in [5.41, 5.74) is 2.85. The van der Waals surface area contributed by atoms with Gasteiger partial charge in [-0.15, -0.1) is 11.8 Å². The van der Waals surface area contributed by atoms with Crippen LogP contribution >= 0.6 is 11.8 Å². The second-order valence-corrected chi connectivity index (χ2v) is 5.08. The normalized spacial score (nSPS) is 21.6. The second kappa shape index (κ2) is 5.04. The number of thioether (sulfide) groups is 1. The Balaban J connectivity index is 2.20. The SMILES string of the molecule is CSc1cc(C2CCCCN2)ccc1C. The second-order valence-electron chi connectivity index (χ2n) is 4.23. The summed E-state index contributed by atoms with van der Waals surface area (Å²) in [6.07, 6.45) is 6.13. The van der Waals surface area contributed by atoms with Gasteiger partial charge in [0.25, 0.3) is 0 Å². The highest BCUT2D eigenvalue weighted by Crippen LogP contribution is 2.28. The number of benzene rings is 1. The van der Waals surface area contributed by atoms with E-state index in [1.165, 1.54) is 41.8 Å². The smallest absolute Gasteiger partial charge is 0.0320 e. The van der Waals surface area contributed by atoms with Crippen molar-refractivity contribution >= 4 is 11.8 Å². The highest BCUT2D eigenvalue weighted by atomic mass is 32.2. The van der Waals surface area contributed by atoms with E-state index in [2.05, 4.69) is 36.7 Å². The molecule has 0 spiro atoms. The lowest BCUT2D eigenvalue weighted by Crippen LogP contribution is -2.26. The van der Waals surface area contributed by atoms with Crippen LogP contribution in [0.5, 0.6) is 0 Å². The summed E-state index contributed by atoms with van der Waals surface area (Å²) in [5.74, 6) is 0. The van der Waals surface area contributed by atoms with Crippen LogP contribution in [0, 0.1) is 6.92 Å². The summed E-state index contributed by atoms with van der Waals surface area (Å²) >= 11 is 1.85. The number of hydrogen-bond donors (Lipinski definition) is 1. The van der Waals surface area contributed by atoms with Crippen LogP contribution in [0.25, 0.3) is 0 Å². The predicted octanol–water partition coefficient (Wildman–Crippen LogP) is 3.53. The lowest BCUT2D eigenvalue weighted by molar-refractivity contribution is 0.412. The molecule has 0 bridgehead atoms. The van der Waals surface area contributed by atoms with Gasteiger partial charge in [0.05, 0.1) is 0 Å². The molecule has 1 fully saturated rings. The summed E-state index contributed by atoms with van der Waals surface area (Å²) in [7, 11) is 0. The Morgan fingerprint density at radius 1 is 1.33 bits per heavy atom. The van der Waals surface area contributed by atoms with E-state index in [0.717, 1.165) is 0 Å². The Morgan fingerprint density at radius 3 is 2.87 bits per heavy atom. The maximum atomic E-state index is 3.60. The number of hydrogen-bond acceptors (Lipinski definition) is 2. The molecule has 2 heteroatoms. The first-order valence-corrected chi connectivity index (χ1v) is 6.91. The summed E-state index contributed by atoms with van der Waals surface area (Å²) in [5, 5.41) is 3.60. The van der Waals surface area contributed by atoms with Crippen molar-refractivity contribution in [2.24, 2.45) is 0 Å². The molecule has 1 nitrogen and oxygen atoms in total. The van der Waals surface area contributed by atoms with Crippen molar-refractivity contribution in [2.45, 2.75) is 37.1 Å². The van der Waals surface area contributed by atoms with E-state index in [1.54, 1.807) is 0 Å². The fraction of sp³-hybridized carbons (Fsp3) is 0.538. The first kappa shape index (κ1) is 11.0. The molecule has 1 aromatic carbocycles. The third-order valence-electron chi connectivity index (χ3n) is 3.14. The van der Waals surface area contributed by atoms with E-state index in [4.69, 9.17) is 0 Å². The lowest BCUT2D eigenvalue weighted by Gasteiger charge is -2.24. The van der Waals surface area contributed by atoms with E-state index < -0.39 is 0 Å². The zero-order valence-electron chi connectivity index (χ0n) is 9.55. The Hall–Kier alpha value is -0.470. The number of nitrogens with one attached hydrogen (secondary N) is 1. The van der Waals surface area contributed by atoms with Crippen molar-refractivity contribution in [3.63, 3.8) is 0 Å². The van der Waals surface area contributed by atoms with E-state index in [0.29, 0.717) is 6.04 Å². The quantitative estimate of drug-likeness (QED) is 0.767. The van der Waals surface area contributed by atoms with Gasteiger partial charge in [-0.3, -0.25) is 0 Å². The van der Waals surface area contributed by atoms with Gasteiger partial charge in [0.1, 0.15) is 0 Å². The highest BCUT2D eigenvalue weighted by Gasteiger charge is 2.14. The van der Waals surface area contributed by atoms with Crippen LogP contribution in [-0.4, -0.2) is 12.8 Å². The van der Waals surface area contributed by atoms with Crippen molar-refractivity contribution in [1.82, 2.24) is 5.32 Å². The lowest BCUT2D eigenvalue weighted by atomic mass is 9.97. The van der Waals surface area contributed by atoms with E-state index in [1.807, 2.05) is 11.8 Å². The minimum atomic E-state index is 0.588. The molecule has 1 N–H and O–H groups in total. The minimum absolute atomic E-state index is 0.588.